The highest BCUT2D eigenvalue weighted by Crippen LogP contribution is 2.24. The maximum absolute atomic E-state index is 8.83. The van der Waals surface area contributed by atoms with Crippen LogP contribution in [0.1, 0.15) is 24.7 Å². The van der Waals surface area contributed by atoms with Crippen molar-refractivity contribution in [1.82, 2.24) is 9.97 Å². The Morgan fingerprint density at radius 2 is 1.85 bits per heavy atom. The molecule has 0 aliphatic rings. The monoisotopic (exact) mass is 261 g/mol. The highest BCUT2D eigenvalue weighted by Gasteiger charge is 2.04. The zero-order chi connectivity index (χ0) is 13.9. The maximum Gasteiger partial charge on any atom is 0.107 e. The van der Waals surface area contributed by atoms with Gasteiger partial charge in [0.05, 0.1) is 22.7 Å². The van der Waals surface area contributed by atoms with Gasteiger partial charge in [0.15, 0.2) is 0 Å². The molecule has 3 aromatic rings. The molecule has 2 aromatic carbocycles. The number of aromatic nitrogens is 2. The molecule has 0 unspecified atom stereocenters. The predicted octanol–water partition coefficient (Wildman–Crippen LogP) is 4.05. The van der Waals surface area contributed by atoms with E-state index in [0.717, 1.165) is 40.8 Å². The molecule has 98 valence electrons. The molecular formula is C17H15N3. The summed E-state index contributed by atoms with van der Waals surface area (Å²) in [4.78, 5) is 7.93. The van der Waals surface area contributed by atoms with E-state index < -0.39 is 0 Å². The van der Waals surface area contributed by atoms with E-state index >= 15 is 0 Å². The largest absolute Gasteiger partial charge is 0.342 e. The van der Waals surface area contributed by atoms with Crippen molar-refractivity contribution < 1.29 is 0 Å². The maximum atomic E-state index is 8.83. The molecule has 0 saturated heterocycles. The van der Waals surface area contributed by atoms with Gasteiger partial charge in [0.1, 0.15) is 5.82 Å². The van der Waals surface area contributed by atoms with E-state index in [-0.39, 0.29) is 0 Å². The van der Waals surface area contributed by atoms with Gasteiger partial charge in [-0.15, -0.1) is 0 Å². The molecule has 0 radical (unpaired) electrons. The molecular weight excluding hydrogens is 246 g/mol. The van der Waals surface area contributed by atoms with E-state index in [1.807, 2.05) is 30.3 Å². The average Bonchev–Trinajstić information content (AvgIpc) is 2.89. The van der Waals surface area contributed by atoms with Crippen molar-refractivity contribution in [2.75, 3.05) is 0 Å². The van der Waals surface area contributed by atoms with Gasteiger partial charge < -0.3 is 4.98 Å². The van der Waals surface area contributed by atoms with Crippen LogP contribution in [0.15, 0.2) is 42.5 Å². The fourth-order valence-corrected chi connectivity index (χ4v) is 2.33. The lowest BCUT2D eigenvalue weighted by Crippen LogP contribution is -1.83. The van der Waals surface area contributed by atoms with Crippen molar-refractivity contribution >= 4 is 11.0 Å². The van der Waals surface area contributed by atoms with Crippen LogP contribution in [0.4, 0.5) is 0 Å². The van der Waals surface area contributed by atoms with Gasteiger partial charge in [-0.05, 0) is 41.8 Å². The summed E-state index contributed by atoms with van der Waals surface area (Å²) in [5, 5.41) is 8.83. The number of hydrogen-bond donors (Lipinski definition) is 1. The second kappa shape index (κ2) is 5.18. The van der Waals surface area contributed by atoms with Crippen LogP contribution in [0.25, 0.3) is 22.2 Å². The van der Waals surface area contributed by atoms with E-state index in [0.29, 0.717) is 5.56 Å². The highest BCUT2D eigenvalue weighted by atomic mass is 14.9. The number of rotatable bonds is 3. The summed E-state index contributed by atoms with van der Waals surface area (Å²) in [6.45, 7) is 2.15. The fourth-order valence-electron chi connectivity index (χ4n) is 2.33. The molecule has 0 spiro atoms. The molecule has 1 heterocycles. The third-order valence-corrected chi connectivity index (χ3v) is 3.37. The molecule has 0 amide bonds. The van der Waals surface area contributed by atoms with Gasteiger partial charge in [-0.25, -0.2) is 4.98 Å². The molecule has 3 rings (SSSR count). The van der Waals surface area contributed by atoms with E-state index in [1.165, 1.54) is 0 Å². The minimum Gasteiger partial charge on any atom is -0.342 e. The van der Waals surface area contributed by atoms with Gasteiger partial charge in [-0.1, -0.05) is 25.1 Å². The third kappa shape index (κ3) is 2.28. The first-order valence-electron chi connectivity index (χ1n) is 6.79. The van der Waals surface area contributed by atoms with Crippen molar-refractivity contribution in [2.24, 2.45) is 0 Å². The summed E-state index contributed by atoms with van der Waals surface area (Å²) in [6, 6.07) is 16.0. The highest BCUT2D eigenvalue weighted by molar-refractivity contribution is 5.82. The van der Waals surface area contributed by atoms with Crippen LogP contribution in [0.2, 0.25) is 0 Å². The SMILES string of the molecule is CCCc1nc2ccc(-c3ccc(C#N)cc3)cc2[nH]1. The Labute approximate surface area is 117 Å². The fraction of sp³-hybridized carbons (Fsp3) is 0.176. The lowest BCUT2D eigenvalue weighted by molar-refractivity contribution is 0.861. The van der Waals surface area contributed by atoms with Crippen LogP contribution in [-0.4, -0.2) is 9.97 Å². The zero-order valence-electron chi connectivity index (χ0n) is 11.4. The Balaban J connectivity index is 2.01. The van der Waals surface area contributed by atoms with Crippen LogP contribution in [0.5, 0.6) is 0 Å². The van der Waals surface area contributed by atoms with Gasteiger partial charge in [0.2, 0.25) is 0 Å². The number of nitriles is 1. The Kier molecular flexibility index (Phi) is 3.22. The normalized spacial score (nSPS) is 10.6. The van der Waals surface area contributed by atoms with Crippen molar-refractivity contribution in [3.8, 4) is 17.2 Å². The van der Waals surface area contributed by atoms with E-state index in [4.69, 9.17) is 5.26 Å². The lowest BCUT2D eigenvalue weighted by Gasteiger charge is -2.01. The minimum atomic E-state index is 0.682. The van der Waals surface area contributed by atoms with E-state index in [2.05, 4.69) is 35.1 Å². The average molecular weight is 261 g/mol. The lowest BCUT2D eigenvalue weighted by atomic mass is 10.0. The molecule has 1 aromatic heterocycles. The number of benzene rings is 2. The minimum absolute atomic E-state index is 0.682. The summed E-state index contributed by atoms with van der Waals surface area (Å²) in [5.41, 5.74) is 4.99. The molecule has 1 N–H and O–H groups in total. The smallest absolute Gasteiger partial charge is 0.107 e. The number of nitrogens with one attached hydrogen (secondary N) is 1. The zero-order valence-corrected chi connectivity index (χ0v) is 11.4. The van der Waals surface area contributed by atoms with Crippen molar-refractivity contribution in [3.05, 3.63) is 53.9 Å². The molecule has 0 bridgehead atoms. The molecule has 3 nitrogen and oxygen atoms in total. The second-order valence-electron chi connectivity index (χ2n) is 4.85. The molecule has 0 aliphatic heterocycles. The van der Waals surface area contributed by atoms with Gasteiger partial charge in [0.25, 0.3) is 0 Å². The van der Waals surface area contributed by atoms with Crippen LogP contribution < -0.4 is 0 Å². The number of imidazole rings is 1. The molecule has 0 saturated carbocycles. The topological polar surface area (TPSA) is 52.5 Å². The first-order chi connectivity index (χ1) is 9.80. The third-order valence-electron chi connectivity index (χ3n) is 3.37. The first kappa shape index (κ1) is 12.4. The summed E-state index contributed by atoms with van der Waals surface area (Å²) in [5.74, 6) is 1.04. The van der Waals surface area contributed by atoms with Crippen molar-refractivity contribution in [2.45, 2.75) is 19.8 Å². The quantitative estimate of drug-likeness (QED) is 0.773. The number of nitrogens with zero attached hydrogens (tertiary/aromatic N) is 2. The molecule has 3 heteroatoms. The van der Waals surface area contributed by atoms with Crippen LogP contribution in [0.3, 0.4) is 0 Å². The van der Waals surface area contributed by atoms with E-state index in [1.54, 1.807) is 0 Å². The second-order valence-corrected chi connectivity index (χ2v) is 4.85. The summed E-state index contributed by atoms with van der Waals surface area (Å²) < 4.78 is 0. The first-order valence-corrected chi connectivity index (χ1v) is 6.79. The van der Waals surface area contributed by atoms with Gasteiger partial charge in [-0.2, -0.15) is 5.26 Å². The Bertz CT molecular complexity index is 776. The van der Waals surface area contributed by atoms with Crippen LogP contribution >= 0.6 is 0 Å². The Morgan fingerprint density at radius 3 is 2.55 bits per heavy atom. The van der Waals surface area contributed by atoms with Crippen molar-refractivity contribution in [1.29, 1.82) is 5.26 Å². The summed E-state index contributed by atoms with van der Waals surface area (Å²) in [7, 11) is 0. The molecule has 20 heavy (non-hydrogen) atoms. The van der Waals surface area contributed by atoms with Crippen LogP contribution in [0, 0.1) is 11.3 Å². The molecule has 0 aliphatic carbocycles. The molecule has 0 atom stereocenters. The van der Waals surface area contributed by atoms with Gasteiger partial charge in [0, 0.05) is 6.42 Å². The molecule has 0 fully saturated rings. The number of aryl methyl sites for hydroxylation is 1. The number of fused-ring (bicyclic) bond motifs is 1. The summed E-state index contributed by atoms with van der Waals surface area (Å²) in [6.07, 6.45) is 2.06. The Morgan fingerprint density at radius 1 is 1.10 bits per heavy atom. The summed E-state index contributed by atoms with van der Waals surface area (Å²) >= 11 is 0. The van der Waals surface area contributed by atoms with Crippen LogP contribution in [-0.2, 0) is 6.42 Å². The Hall–Kier alpha value is -2.60. The van der Waals surface area contributed by atoms with Gasteiger partial charge in [-0.3, -0.25) is 0 Å². The van der Waals surface area contributed by atoms with Gasteiger partial charge >= 0.3 is 0 Å². The van der Waals surface area contributed by atoms with E-state index in [9.17, 15) is 0 Å². The van der Waals surface area contributed by atoms with Crippen molar-refractivity contribution in [3.63, 3.8) is 0 Å². The predicted molar refractivity (Wildman–Crippen MR) is 80.2 cm³/mol. The standard InChI is InChI=1S/C17H15N3/c1-2-3-17-19-15-9-8-14(10-16(15)20-17)13-6-4-12(11-18)5-7-13/h4-10H,2-3H2,1H3,(H,19,20). The number of H-pyrrole nitrogens is 1. The number of hydrogen-bond acceptors (Lipinski definition) is 2. The number of aromatic amines is 1.